The minimum atomic E-state index is -2.54. The van der Waals surface area contributed by atoms with Crippen molar-refractivity contribution < 1.29 is 14.3 Å². The van der Waals surface area contributed by atoms with E-state index < -0.39 is 18.8 Å². The van der Waals surface area contributed by atoms with Gasteiger partial charge >= 0.3 is 5.97 Å². The van der Waals surface area contributed by atoms with E-state index in [-0.39, 0.29) is 0 Å². The number of carboxylic acids is 1. The number of hydrogen-bond donors (Lipinski definition) is 1. The monoisotopic (exact) mass is 441 g/mol. The average Bonchev–Trinajstić information content (AvgIpc) is 2.84. The van der Waals surface area contributed by atoms with Gasteiger partial charge in [-0.15, -0.1) is 0 Å². The Balaban J connectivity index is 2.12. The Morgan fingerprint density at radius 3 is 1.66 bits per heavy atom. The van der Waals surface area contributed by atoms with Gasteiger partial charge in [0.25, 0.3) is 0 Å². The third-order valence-electron chi connectivity index (χ3n) is 5.04. The second kappa shape index (κ2) is 9.59. The molecule has 0 saturated heterocycles. The number of carbonyl (C=O) groups is 1. The van der Waals surface area contributed by atoms with Crippen LogP contribution in [0.5, 0.6) is 0 Å². The number of hydrogen-bond acceptors (Lipinski definition) is 2. The summed E-state index contributed by atoms with van der Waals surface area (Å²) in [5.74, 6) is -1.55. The van der Waals surface area contributed by atoms with Crippen LogP contribution in [0.1, 0.15) is 5.56 Å². The van der Waals surface area contributed by atoms with Gasteiger partial charge in [0, 0.05) is 27.6 Å². The van der Waals surface area contributed by atoms with Crippen LogP contribution in [0.15, 0.2) is 120 Å². The smallest absolute Gasteiger partial charge is 0.328 e. The van der Waals surface area contributed by atoms with Crippen LogP contribution in [0.25, 0.3) is 6.08 Å². The summed E-state index contributed by atoms with van der Waals surface area (Å²) in [7, 11) is -2.54. The van der Waals surface area contributed by atoms with Gasteiger partial charge in [-0.1, -0.05) is 91.0 Å². The number of nitrogens with zero attached hydrogens (tertiary/aromatic N) is 1. The summed E-state index contributed by atoms with van der Waals surface area (Å²) < 4.78 is 19.4. The zero-order valence-electron chi connectivity index (χ0n) is 17.2. The van der Waals surface area contributed by atoms with E-state index in [4.69, 9.17) is 9.85 Å². The number of halogens is 1. The van der Waals surface area contributed by atoms with E-state index in [0.717, 1.165) is 22.0 Å². The molecule has 0 heterocycles. The van der Waals surface area contributed by atoms with E-state index in [1.54, 1.807) is 6.07 Å². The highest BCUT2D eigenvalue weighted by molar-refractivity contribution is 7.87. The summed E-state index contributed by atoms with van der Waals surface area (Å²) in [5, 5.41) is 12.2. The highest BCUT2D eigenvalue weighted by Gasteiger charge is 2.27. The van der Waals surface area contributed by atoms with Crippen LogP contribution in [-0.4, -0.2) is 11.1 Å². The number of benzene rings is 4. The molecule has 0 aliphatic heterocycles. The highest BCUT2D eigenvalue weighted by atomic mass is 31.2. The molecule has 0 saturated carbocycles. The van der Waals surface area contributed by atoms with Crippen molar-refractivity contribution in [2.24, 2.45) is 4.74 Å². The fourth-order valence-electron chi connectivity index (χ4n) is 3.62. The predicted octanol–water partition coefficient (Wildman–Crippen LogP) is 5.73. The molecule has 1 N–H and O–H groups in total. The Hall–Kier alpha value is -3.75. The van der Waals surface area contributed by atoms with Gasteiger partial charge in [-0.2, -0.15) is 0 Å². The molecule has 0 fully saturated rings. The summed E-state index contributed by atoms with van der Waals surface area (Å²) in [6.07, 6.45) is 2.39. The number of carboxylic acid groups (broad SMARTS) is 1. The highest BCUT2D eigenvalue weighted by Crippen LogP contribution is 2.49. The van der Waals surface area contributed by atoms with Gasteiger partial charge in [-0.05, 0) is 24.3 Å². The Kier molecular flexibility index (Phi) is 6.44. The van der Waals surface area contributed by atoms with Crippen LogP contribution in [0.3, 0.4) is 0 Å². The second-order valence-electron chi connectivity index (χ2n) is 7.12. The molecule has 0 amide bonds. The normalized spacial score (nSPS) is 11.4. The van der Waals surface area contributed by atoms with Crippen molar-refractivity contribution in [1.82, 2.24) is 0 Å². The molecule has 0 atom stereocenters. The zero-order chi connectivity index (χ0) is 22.4. The molecule has 3 nitrogen and oxygen atoms in total. The van der Waals surface area contributed by atoms with Crippen LogP contribution in [0, 0.1) is 5.82 Å². The van der Waals surface area contributed by atoms with E-state index in [1.807, 2.05) is 54.6 Å². The first kappa shape index (κ1) is 21.5. The minimum absolute atomic E-state index is 0.416. The summed E-state index contributed by atoms with van der Waals surface area (Å²) in [6.45, 7) is 0. The Morgan fingerprint density at radius 1 is 0.750 bits per heavy atom. The predicted molar refractivity (Wildman–Crippen MR) is 130 cm³/mol. The first-order valence-electron chi connectivity index (χ1n) is 10.1. The Bertz CT molecular complexity index is 1200. The fraction of sp³-hybridized carbons (Fsp3) is 0. The molecule has 4 aromatic carbocycles. The van der Waals surface area contributed by atoms with Gasteiger partial charge in [0.2, 0.25) is 0 Å². The molecule has 32 heavy (non-hydrogen) atoms. The molecule has 0 radical (unpaired) electrons. The van der Waals surface area contributed by atoms with Crippen LogP contribution >= 0.6 is 7.05 Å². The van der Waals surface area contributed by atoms with Crippen LogP contribution < -0.4 is 15.9 Å². The van der Waals surface area contributed by atoms with Gasteiger partial charge in [-0.3, -0.25) is 4.74 Å². The van der Waals surface area contributed by atoms with Crippen molar-refractivity contribution in [3.8, 4) is 0 Å². The second-order valence-corrected chi connectivity index (χ2v) is 10.1. The van der Waals surface area contributed by atoms with Crippen molar-refractivity contribution in [3.63, 3.8) is 0 Å². The molecule has 0 aliphatic carbocycles. The van der Waals surface area contributed by atoms with Crippen molar-refractivity contribution >= 4 is 40.7 Å². The summed E-state index contributed by atoms with van der Waals surface area (Å²) in [6, 6.07) is 34.5. The van der Waals surface area contributed by atoms with Gasteiger partial charge in [0.15, 0.2) is 0 Å². The van der Waals surface area contributed by atoms with E-state index in [1.165, 1.54) is 18.2 Å². The maximum Gasteiger partial charge on any atom is 0.328 e. The van der Waals surface area contributed by atoms with Gasteiger partial charge in [0.1, 0.15) is 5.82 Å². The molecule has 0 unspecified atom stereocenters. The molecule has 5 heteroatoms. The lowest BCUT2D eigenvalue weighted by molar-refractivity contribution is -0.131. The van der Waals surface area contributed by atoms with Crippen LogP contribution in [0.4, 0.5) is 10.1 Å². The molecule has 158 valence electrons. The number of aliphatic carboxylic acids is 1. The van der Waals surface area contributed by atoms with Gasteiger partial charge in [0.05, 0.1) is 12.7 Å². The van der Waals surface area contributed by atoms with Crippen LogP contribution in [-0.2, 0) is 4.79 Å². The first-order valence-corrected chi connectivity index (χ1v) is 11.8. The standard InChI is InChI=1S/C27H21FNO2P/c28-22-17-18-26(21(20-22)16-19-27(30)31)29-32(23-10-4-1-5-11-23,24-12-6-2-7-13-24)25-14-8-3-9-15-25/h1-20H,(H,30,31). The van der Waals surface area contributed by atoms with E-state index in [0.29, 0.717) is 11.3 Å². The summed E-state index contributed by atoms with van der Waals surface area (Å²) in [4.78, 5) is 11.1. The molecular weight excluding hydrogens is 420 g/mol. The van der Waals surface area contributed by atoms with Crippen molar-refractivity contribution in [2.75, 3.05) is 0 Å². The lowest BCUT2D eigenvalue weighted by atomic mass is 10.1. The maximum absolute atomic E-state index is 14.1. The topological polar surface area (TPSA) is 49.7 Å². The molecule has 4 rings (SSSR count). The van der Waals surface area contributed by atoms with E-state index >= 15 is 0 Å². The van der Waals surface area contributed by atoms with E-state index in [9.17, 15) is 9.18 Å². The summed E-state index contributed by atoms with van der Waals surface area (Å²) in [5.41, 5.74) is 0.952. The first-order chi connectivity index (χ1) is 15.6. The van der Waals surface area contributed by atoms with Gasteiger partial charge in [-0.25, -0.2) is 9.18 Å². The zero-order valence-corrected chi connectivity index (χ0v) is 18.1. The lowest BCUT2D eigenvalue weighted by Crippen LogP contribution is -2.25. The fourth-order valence-corrected chi connectivity index (χ4v) is 7.18. The molecule has 0 bridgehead atoms. The van der Waals surface area contributed by atoms with Gasteiger partial charge < -0.3 is 5.11 Å². The minimum Gasteiger partial charge on any atom is -0.478 e. The lowest BCUT2D eigenvalue weighted by Gasteiger charge is -2.27. The molecule has 0 spiro atoms. The molecule has 0 aromatic heterocycles. The largest absolute Gasteiger partial charge is 0.478 e. The molecule has 4 aromatic rings. The number of rotatable bonds is 6. The van der Waals surface area contributed by atoms with Crippen LogP contribution in [0.2, 0.25) is 0 Å². The van der Waals surface area contributed by atoms with Crippen molar-refractivity contribution in [3.05, 3.63) is 127 Å². The third kappa shape index (κ3) is 4.46. The third-order valence-corrected chi connectivity index (χ3v) is 8.69. The molecular formula is C27H21FNO2P. The van der Waals surface area contributed by atoms with Crippen molar-refractivity contribution in [2.45, 2.75) is 0 Å². The summed E-state index contributed by atoms with van der Waals surface area (Å²) >= 11 is 0. The SMILES string of the molecule is O=C(O)C=Cc1cc(F)ccc1N=P(c1ccccc1)(c1ccccc1)c1ccccc1. The van der Waals surface area contributed by atoms with E-state index in [2.05, 4.69) is 36.4 Å². The average molecular weight is 441 g/mol. The maximum atomic E-state index is 14.1. The molecule has 0 aliphatic rings. The van der Waals surface area contributed by atoms with Crippen molar-refractivity contribution in [1.29, 1.82) is 0 Å². The Morgan fingerprint density at radius 2 is 1.22 bits per heavy atom. The quantitative estimate of drug-likeness (QED) is 0.307. The Labute approximate surface area is 186 Å².